The molecule has 8 nitrogen and oxygen atoms in total. The Balaban J connectivity index is 1.45. The van der Waals surface area contributed by atoms with Crippen LogP contribution in [0.4, 0.5) is 21.6 Å². The van der Waals surface area contributed by atoms with Gasteiger partial charge >= 0.3 is 0 Å². The van der Waals surface area contributed by atoms with Crippen LogP contribution in [0.2, 0.25) is 0 Å². The summed E-state index contributed by atoms with van der Waals surface area (Å²) in [6, 6.07) is 16.0. The first-order valence-corrected chi connectivity index (χ1v) is 13.1. The Kier molecular flexibility index (Phi) is 7.60. The molecular formula is C28H24BrFN6O2. The van der Waals surface area contributed by atoms with Crippen LogP contribution in [0.1, 0.15) is 12.5 Å². The number of hydrogen-bond acceptors (Lipinski definition) is 6. The number of carbonyl (C=O) groups excluding carboxylic acids is 1. The number of ether oxygens (including phenoxy) is 1. The third-order valence-corrected chi connectivity index (χ3v) is 6.15. The van der Waals surface area contributed by atoms with Crippen LogP contribution in [0.3, 0.4) is 0 Å². The number of allylic oxidation sites excluding steroid dienone is 1. The van der Waals surface area contributed by atoms with Gasteiger partial charge in [-0.1, -0.05) is 34.1 Å². The van der Waals surface area contributed by atoms with Crippen molar-refractivity contribution >= 4 is 60.8 Å². The lowest BCUT2D eigenvalue weighted by molar-refractivity contribution is -0.111. The molecule has 0 bridgehead atoms. The number of alkyl halides is 1. The quantitative estimate of drug-likeness (QED) is 0.161. The monoisotopic (exact) mass is 574 g/mol. The Bertz CT molecular complexity index is 1650. The van der Waals surface area contributed by atoms with Crippen molar-refractivity contribution in [1.82, 2.24) is 19.7 Å². The first-order valence-electron chi connectivity index (χ1n) is 12.0. The van der Waals surface area contributed by atoms with Crippen LogP contribution in [0.15, 0.2) is 79.3 Å². The minimum Gasteiger partial charge on any atom is -0.492 e. The number of halogens is 2. The number of hydrogen-bond donors (Lipinski definition) is 2. The van der Waals surface area contributed by atoms with Gasteiger partial charge in [0.15, 0.2) is 0 Å². The number of carbonyl (C=O) groups is 1. The van der Waals surface area contributed by atoms with Crippen LogP contribution < -0.4 is 15.4 Å². The maximum atomic E-state index is 13.6. The van der Waals surface area contributed by atoms with Crippen molar-refractivity contribution in [3.05, 3.63) is 90.7 Å². The van der Waals surface area contributed by atoms with Gasteiger partial charge in [-0.2, -0.15) is 5.10 Å². The molecule has 0 saturated carbocycles. The molecule has 1 amide bonds. The van der Waals surface area contributed by atoms with Gasteiger partial charge in [0, 0.05) is 33.9 Å². The van der Waals surface area contributed by atoms with Crippen LogP contribution in [-0.2, 0) is 11.3 Å². The van der Waals surface area contributed by atoms with Crippen LogP contribution in [-0.4, -0.2) is 37.6 Å². The molecule has 0 saturated heterocycles. The second-order valence-corrected chi connectivity index (χ2v) is 9.04. The van der Waals surface area contributed by atoms with Gasteiger partial charge in [0.1, 0.15) is 23.7 Å². The van der Waals surface area contributed by atoms with E-state index in [9.17, 15) is 9.18 Å². The molecule has 0 unspecified atom stereocenters. The van der Waals surface area contributed by atoms with E-state index in [4.69, 9.17) is 4.74 Å². The molecule has 5 aromatic rings. The topological polar surface area (TPSA) is 94.0 Å². The molecule has 0 radical (unpaired) electrons. The summed E-state index contributed by atoms with van der Waals surface area (Å²) in [5, 5.41) is 12.9. The summed E-state index contributed by atoms with van der Waals surface area (Å²) in [6.07, 6.45) is 6.43. The number of fused-ring (bicyclic) bond motifs is 2. The molecule has 0 aliphatic carbocycles. The fourth-order valence-electron chi connectivity index (χ4n) is 4.12. The van der Waals surface area contributed by atoms with Gasteiger partial charge < -0.3 is 15.4 Å². The number of benzene rings is 3. The average molecular weight is 575 g/mol. The highest BCUT2D eigenvalue weighted by molar-refractivity contribution is 9.09. The molecular weight excluding hydrogens is 551 g/mol. The summed E-state index contributed by atoms with van der Waals surface area (Å²) in [5.41, 5.74) is 3.76. The Morgan fingerprint density at radius 1 is 1.16 bits per heavy atom. The van der Waals surface area contributed by atoms with Gasteiger partial charge in [0.05, 0.1) is 36.1 Å². The zero-order chi connectivity index (χ0) is 26.5. The summed E-state index contributed by atoms with van der Waals surface area (Å²) in [4.78, 5) is 21.2. The molecule has 0 fully saturated rings. The van der Waals surface area contributed by atoms with Crippen molar-refractivity contribution in [3.63, 3.8) is 0 Å². The number of aromatic nitrogens is 4. The molecule has 0 aliphatic rings. The molecule has 3 aromatic carbocycles. The van der Waals surface area contributed by atoms with E-state index < -0.39 is 0 Å². The van der Waals surface area contributed by atoms with Gasteiger partial charge in [0.25, 0.3) is 0 Å². The van der Waals surface area contributed by atoms with E-state index in [1.54, 1.807) is 30.5 Å². The minimum atomic E-state index is -0.269. The third-order valence-electron chi connectivity index (χ3n) is 5.78. The van der Waals surface area contributed by atoms with Crippen molar-refractivity contribution < 1.29 is 13.9 Å². The Hall–Kier alpha value is -4.31. The zero-order valence-corrected chi connectivity index (χ0v) is 22.1. The van der Waals surface area contributed by atoms with Gasteiger partial charge in [-0.3, -0.25) is 9.48 Å². The largest absolute Gasteiger partial charge is 0.492 e. The Morgan fingerprint density at radius 3 is 2.87 bits per heavy atom. The molecule has 10 heteroatoms. The predicted octanol–water partition coefficient (Wildman–Crippen LogP) is 6.20. The molecule has 0 aliphatic heterocycles. The molecule has 2 N–H and O–H groups in total. The lowest BCUT2D eigenvalue weighted by atomic mass is 10.1. The summed E-state index contributed by atoms with van der Waals surface area (Å²) >= 11 is 3.27. The van der Waals surface area contributed by atoms with Crippen molar-refractivity contribution in [1.29, 1.82) is 0 Å². The molecule has 192 valence electrons. The fraction of sp³-hybridized carbons (Fsp3) is 0.143. The number of nitrogens with one attached hydrogen (secondary N) is 2. The van der Waals surface area contributed by atoms with E-state index in [-0.39, 0.29) is 11.7 Å². The Labute approximate surface area is 226 Å². The number of rotatable bonds is 9. The molecule has 5 rings (SSSR count). The average Bonchev–Trinajstić information content (AvgIpc) is 3.30. The van der Waals surface area contributed by atoms with E-state index in [1.165, 1.54) is 24.5 Å². The number of anilines is 3. The molecule has 2 heterocycles. The van der Waals surface area contributed by atoms with Crippen LogP contribution in [0, 0.1) is 5.82 Å². The maximum Gasteiger partial charge on any atom is 0.248 e. The molecule has 0 atom stereocenters. The first kappa shape index (κ1) is 25.3. The van der Waals surface area contributed by atoms with E-state index in [0.717, 1.165) is 27.5 Å². The van der Waals surface area contributed by atoms with Gasteiger partial charge in [0.2, 0.25) is 5.91 Å². The predicted molar refractivity (Wildman–Crippen MR) is 151 cm³/mol. The highest BCUT2D eigenvalue weighted by atomic mass is 79.9. The molecule has 2 aromatic heterocycles. The summed E-state index contributed by atoms with van der Waals surface area (Å²) in [5.74, 6) is 0.569. The second kappa shape index (κ2) is 11.4. The van der Waals surface area contributed by atoms with E-state index in [2.05, 4.69) is 41.6 Å². The van der Waals surface area contributed by atoms with Crippen molar-refractivity contribution in [2.45, 2.75) is 13.5 Å². The van der Waals surface area contributed by atoms with Crippen LogP contribution in [0.5, 0.6) is 5.75 Å². The standard InChI is InChI=1S/C28H24BrFN6O2/c1-2-38-26-14-23-22(13-24(26)35-27(37)7-4-10-29)28(32-17-31-23)34-21-8-9-25-19(12-21)15-33-36(25)16-18-5-3-6-20(30)11-18/h3-9,11-15,17H,2,10,16H2,1H3,(H,35,37)(H,31,32,34)/b7-4+. The van der Waals surface area contributed by atoms with Gasteiger partial charge in [-0.15, -0.1) is 0 Å². The number of amides is 1. The lowest BCUT2D eigenvalue weighted by Gasteiger charge is -2.14. The summed E-state index contributed by atoms with van der Waals surface area (Å²) in [7, 11) is 0. The zero-order valence-electron chi connectivity index (χ0n) is 20.5. The van der Waals surface area contributed by atoms with Gasteiger partial charge in [-0.25, -0.2) is 14.4 Å². The van der Waals surface area contributed by atoms with E-state index in [0.29, 0.717) is 41.3 Å². The summed E-state index contributed by atoms with van der Waals surface area (Å²) in [6.45, 7) is 2.78. The maximum absolute atomic E-state index is 13.6. The Morgan fingerprint density at radius 2 is 2.05 bits per heavy atom. The van der Waals surface area contributed by atoms with Crippen molar-refractivity contribution in [2.24, 2.45) is 0 Å². The highest BCUT2D eigenvalue weighted by Gasteiger charge is 2.13. The normalized spacial score (nSPS) is 11.3. The van der Waals surface area contributed by atoms with Gasteiger partial charge in [-0.05, 0) is 48.9 Å². The minimum absolute atomic E-state index is 0.267. The van der Waals surface area contributed by atoms with Crippen LogP contribution >= 0.6 is 15.9 Å². The second-order valence-electron chi connectivity index (χ2n) is 8.40. The molecule has 38 heavy (non-hydrogen) atoms. The third kappa shape index (κ3) is 5.65. The fourth-order valence-corrected chi connectivity index (χ4v) is 4.30. The smallest absolute Gasteiger partial charge is 0.248 e. The van der Waals surface area contributed by atoms with E-state index >= 15 is 0 Å². The van der Waals surface area contributed by atoms with Crippen LogP contribution in [0.25, 0.3) is 21.8 Å². The lowest BCUT2D eigenvalue weighted by Crippen LogP contribution is -2.10. The number of nitrogens with zero attached hydrogens (tertiary/aromatic N) is 4. The van der Waals surface area contributed by atoms with Crippen molar-refractivity contribution in [2.75, 3.05) is 22.6 Å². The first-order chi connectivity index (χ1) is 18.5. The summed E-state index contributed by atoms with van der Waals surface area (Å²) < 4.78 is 21.2. The molecule has 0 spiro atoms. The SMILES string of the molecule is CCOc1cc2ncnc(Nc3ccc4c(cnn4Cc4cccc(F)c4)c3)c2cc1NC(=O)/C=C/CBr. The highest BCUT2D eigenvalue weighted by Crippen LogP contribution is 2.34. The van der Waals surface area contributed by atoms with Crippen molar-refractivity contribution in [3.8, 4) is 5.75 Å². The van der Waals surface area contributed by atoms with E-state index in [1.807, 2.05) is 35.9 Å².